The van der Waals surface area contributed by atoms with Crippen LogP contribution in [0.25, 0.3) is 0 Å². The zero-order chi connectivity index (χ0) is 13.7. The predicted octanol–water partition coefficient (Wildman–Crippen LogP) is 3.40. The van der Waals surface area contributed by atoms with E-state index >= 15 is 0 Å². The van der Waals surface area contributed by atoms with Crippen LogP contribution in [-0.2, 0) is 6.42 Å². The van der Waals surface area contributed by atoms with Gasteiger partial charge in [-0.1, -0.05) is 29.8 Å². The average molecular weight is 274 g/mol. The Morgan fingerprint density at radius 2 is 1.89 bits per heavy atom. The molecule has 0 saturated carbocycles. The zero-order valence-corrected chi connectivity index (χ0v) is 11.7. The van der Waals surface area contributed by atoms with Crippen LogP contribution in [-0.4, -0.2) is 22.1 Å². The Bertz CT molecular complexity index is 540. The summed E-state index contributed by atoms with van der Waals surface area (Å²) in [5.41, 5.74) is 2.19. The van der Waals surface area contributed by atoms with Gasteiger partial charge in [0.15, 0.2) is 0 Å². The number of hydrogen-bond acceptors (Lipinski definition) is 3. The number of hydrogen-bond donors (Lipinski definition) is 2. The van der Waals surface area contributed by atoms with E-state index in [0.29, 0.717) is 12.2 Å². The lowest BCUT2D eigenvalue weighted by Crippen LogP contribution is -2.13. The number of benzene rings is 2. The fraction of sp³-hybridized carbons (Fsp3) is 0.250. The second kappa shape index (κ2) is 6.64. The maximum absolute atomic E-state index is 10.0. The molecule has 100 valence electrons. The molecule has 2 aromatic rings. The largest absolute Gasteiger partial charge is 0.508 e. The van der Waals surface area contributed by atoms with Crippen molar-refractivity contribution in [3.63, 3.8) is 0 Å². The van der Waals surface area contributed by atoms with E-state index in [4.69, 9.17) is 0 Å². The van der Waals surface area contributed by atoms with E-state index in [-0.39, 0.29) is 5.75 Å². The van der Waals surface area contributed by atoms with E-state index in [1.807, 2.05) is 12.1 Å². The molecule has 19 heavy (non-hydrogen) atoms. The maximum atomic E-state index is 10.0. The van der Waals surface area contributed by atoms with Crippen molar-refractivity contribution >= 4 is 11.8 Å². The molecular formula is C16H18O2S. The van der Waals surface area contributed by atoms with E-state index in [9.17, 15) is 10.2 Å². The molecule has 0 bridgehead atoms. The van der Waals surface area contributed by atoms with Crippen LogP contribution in [0.15, 0.2) is 53.4 Å². The first kappa shape index (κ1) is 14.0. The second-order valence-electron chi connectivity index (χ2n) is 4.66. The van der Waals surface area contributed by atoms with Gasteiger partial charge in [-0.3, -0.25) is 0 Å². The van der Waals surface area contributed by atoms with Crippen molar-refractivity contribution in [1.82, 2.24) is 0 Å². The van der Waals surface area contributed by atoms with Gasteiger partial charge in [0.1, 0.15) is 5.75 Å². The molecular weight excluding hydrogens is 256 g/mol. The molecule has 0 aromatic heterocycles. The quantitative estimate of drug-likeness (QED) is 0.821. The van der Waals surface area contributed by atoms with Gasteiger partial charge < -0.3 is 10.2 Å². The molecule has 2 aromatic carbocycles. The summed E-state index contributed by atoms with van der Waals surface area (Å²) in [6.07, 6.45) is 0.153. The van der Waals surface area contributed by atoms with Gasteiger partial charge in [0, 0.05) is 10.6 Å². The molecule has 2 N–H and O–H groups in total. The van der Waals surface area contributed by atoms with Gasteiger partial charge in [0.2, 0.25) is 0 Å². The van der Waals surface area contributed by atoms with Gasteiger partial charge in [0.05, 0.1) is 6.10 Å². The number of rotatable bonds is 5. The molecule has 0 fully saturated rings. The van der Waals surface area contributed by atoms with Gasteiger partial charge in [-0.25, -0.2) is 0 Å². The summed E-state index contributed by atoms with van der Waals surface area (Å²) < 4.78 is 0. The van der Waals surface area contributed by atoms with Crippen molar-refractivity contribution in [3.05, 3.63) is 59.7 Å². The van der Waals surface area contributed by atoms with Gasteiger partial charge in [-0.2, -0.15) is 0 Å². The van der Waals surface area contributed by atoms with E-state index < -0.39 is 6.10 Å². The molecule has 0 aliphatic carbocycles. The fourth-order valence-electron chi connectivity index (χ4n) is 1.91. The van der Waals surface area contributed by atoms with E-state index in [0.717, 1.165) is 5.56 Å². The molecule has 1 atom stereocenters. The Labute approximate surface area is 118 Å². The smallest absolute Gasteiger partial charge is 0.115 e. The molecule has 3 heteroatoms. The maximum Gasteiger partial charge on any atom is 0.115 e. The summed E-state index contributed by atoms with van der Waals surface area (Å²) >= 11 is 1.65. The highest BCUT2D eigenvalue weighted by molar-refractivity contribution is 7.99. The first-order chi connectivity index (χ1) is 9.13. The topological polar surface area (TPSA) is 40.5 Å². The summed E-state index contributed by atoms with van der Waals surface area (Å²) in [6.45, 7) is 2.06. The molecule has 1 unspecified atom stereocenters. The summed E-state index contributed by atoms with van der Waals surface area (Å²) in [6, 6.07) is 15.3. The first-order valence-corrected chi connectivity index (χ1v) is 7.27. The lowest BCUT2D eigenvalue weighted by atomic mass is 10.1. The zero-order valence-electron chi connectivity index (χ0n) is 10.9. The Hall–Kier alpha value is -1.45. The molecule has 0 spiro atoms. The number of phenols is 1. The number of thioether (sulfide) groups is 1. The molecule has 0 radical (unpaired) electrons. The van der Waals surface area contributed by atoms with Crippen LogP contribution >= 0.6 is 11.8 Å². The standard InChI is InChI=1S/C16H18O2S/c1-12-4-2-7-16(8-12)19-11-15(18)10-13-5-3-6-14(17)9-13/h2-9,15,17-18H,10-11H2,1H3. The van der Waals surface area contributed by atoms with Crippen LogP contribution in [0.4, 0.5) is 0 Å². The predicted molar refractivity (Wildman–Crippen MR) is 79.7 cm³/mol. The summed E-state index contributed by atoms with van der Waals surface area (Å²) in [5.74, 6) is 0.898. The minimum Gasteiger partial charge on any atom is -0.508 e. The van der Waals surface area contributed by atoms with E-state index in [1.54, 1.807) is 30.0 Å². The minimum atomic E-state index is -0.410. The number of aromatic hydroxyl groups is 1. The number of phenolic OH excluding ortho intramolecular Hbond substituents is 1. The third-order valence-electron chi connectivity index (χ3n) is 2.81. The van der Waals surface area contributed by atoms with Crippen LogP contribution in [0.3, 0.4) is 0 Å². The van der Waals surface area contributed by atoms with E-state index in [1.165, 1.54) is 10.5 Å². The van der Waals surface area contributed by atoms with Gasteiger partial charge in [-0.15, -0.1) is 11.8 Å². The van der Waals surface area contributed by atoms with Crippen LogP contribution in [0.5, 0.6) is 5.75 Å². The highest BCUT2D eigenvalue weighted by atomic mass is 32.2. The van der Waals surface area contributed by atoms with Crippen LogP contribution < -0.4 is 0 Å². The number of aryl methyl sites for hydroxylation is 1. The Balaban J connectivity index is 1.86. The van der Waals surface area contributed by atoms with Crippen molar-refractivity contribution in [2.45, 2.75) is 24.3 Å². The van der Waals surface area contributed by atoms with Gasteiger partial charge in [-0.05, 0) is 43.2 Å². The third kappa shape index (κ3) is 4.62. The SMILES string of the molecule is Cc1cccc(SCC(O)Cc2cccc(O)c2)c1. The monoisotopic (exact) mass is 274 g/mol. The van der Waals surface area contributed by atoms with Gasteiger partial charge >= 0.3 is 0 Å². The minimum absolute atomic E-state index is 0.246. The van der Waals surface area contributed by atoms with Crippen molar-refractivity contribution in [2.75, 3.05) is 5.75 Å². The molecule has 0 heterocycles. The highest BCUT2D eigenvalue weighted by Crippen LogP contribution is 2.21. The summed E-state index contributed by atoms with van der Waals surface area (Å²) in [4.78, 5) is 1.18. The summed E-state index contributed by atoms with van der Waals surface area (Å²) in [5, 5.41) is 19.4. The van der Waals surface area contributed by atoms with Crippen LogP contribution in [0, 0.1) is 6.92 Å². The fourth-order valence-corrected chi connectivity index (χ4v) is 2.86. The first-order valence-electron chi connectivity index (χ1n) is 6.29. The second-order valence-corrected chi connectivity index (χ2v) is 5.75. The van der Waals surface area contributed by atoms with Crippen molar-refractivity contribution in [1.29, 1.82) is 0 Å². The van der Waals surface area contributed by atoms with Crippen molar-refractivity contribution in [2.24, 2.45) is 0 Å². The Morgan fingerprint density at radius 3 is 2.63 bits per heavy atom. The molecule has 0 amide bonds. The molecule has 0 aliphatic heterocycles. The number of aliphatic hydroxyl groups excluding tert-OH is 1. The Kier molecular flexibility index (Phi) is 4.88. The van der Waals surface area contributed by atoms with Crippen molar-refractivity contribution in [3.8, 4) is 5.75 Å². The van der Waals surface area contributed by atoms with Gasteiger partial charge in [0.25, 0.3) is 0 Å². The molecule has 0 aliphatic rings. The average Bonchev–Trinajstić information content (AvgIpc) is 2.36. The van der Waals surface area contributed by atoms with Crippen LogP contribution in [0.2, 0.25) is 0 Å². The summed E-state index contributed by atoms with van der Waals surface area (Å²) in [7, 11) is 0. The van der Waals surface area contributed by atoms with Crippen LogP contribution in [0.1, 0.15) is 11.1 Å². The Morgan fingerprint density at radius 1 is 1.11 bits per heavy atom. The molecule has 2 rings (SSSR count). The number of aliphatic hydroxyl groups is 1. The lowest BCUT2D eigenvalue weighted by molar-refractivity contribution is 0.200. The molecule has 2 nitrogen and oxygen atoms in total. The van der Waals surface area contributed by atoms with Crippen molar-refractivity contribution < 1.29 is 10.2 Å². The van der Waals surface area contributed by atoms with E-state index in [2.05, 4.69) is 25.1 Å². The highest BCUT2D eigenvalue weighted by Gasteiger charge is 2.07. The lowest BCUT2D eigenvalue weighted by Gasteiger charge is -2.11. The molecule has 0 saturated heterocycles. The normalized spacial score (nSPS) is 12.3. The third-order valence-corrected chi connectivity index (χ3v) is 3.95.